The van der Waals surface area contributed by atoms with Crippen LogP contribution in [0.4, 0.5) is 0 Å². The third-order valence-electron chi connectivity index (χ3n) is 3.80. The Balaban J connectivity index is 1.76. The molecular formula is C19H16ClN3O2. The molecule has 2 amide bonds. The summed E-state index contributed by atoms with van der Waals surface area (Å²) in [4.78, 5) is 28.2. The summed E-state index contributed by atoms with van der Waals surface area (Å²) >= 11 is 6.16. The van der Waals surface area contributed by atoms with Crippen LogP contribution in [0.2, 0.25) is 5.15 Å². The zero-order chi connectivity index (χ0) is 17.8. The first-order valence-corrected chi connectivity index (χ1v) is 8.11. The van der Waals surface area contributed by atoms with Gasteiger partial charge in [0.05, 0.1) is 0 Å². The molecule has 0 aliphatic carbocycles. The monoisotopic (exact) mass is 353 g/mol. The molecule has 25 heavy (non-hydrogen) atoms. The van der Waals surface area contributed by atoms with Crippen molar-refractivity contribution in [1.29, 1.82) is 0 Å². The van der Waals surface area contributed by atoms with Gasteiger partial charge in [0, 0.05) is 24.5 Å². The zero-order valence-electron chi connectivity index (χ0n) is 13.5. The molecule has 0 atom stereocenters. The van der Waals surface area contributed by atoms with Crippen molar-refractivity contribution in [1.82, 2.24) is 15.6 Å². The molecular weight excluding hydrogens is 338 g/mol. The number of halogens is 1. The van der Waals surface area contributed by atoms with E-state index in [1.54, 1.807) is 31.3 Å². The highest BCUT2D eigenvalue weighted by Crippen LogP contribution is 2.22. The molecule has 0 saturated heterocycles. The molecule has 3 rings (SSSR count). The summed E-state index contributed by atoms with van der Waals surface area (Å²) in [7, 11) is 1.58. The van der Waals surface area contributed by atoms with Crippen LogP contribution in [0.25, 0.3) is 10.8 Å². The van der Waals surface area contributed by atoms with Gasteiger partial charge in [-0.25, -0.2) is 4.98 Å². The van der Waals surface area contributed by atoms with Gasteiger partial charge in [0.25, 0.3) is 11.8 Å². The van der Waals surface area contributed by atoms with Gasteiger partial charge in [0.1, 0.15) is 10.8 Å². The van der Waals surface area contributed by atoms with Gasteiger partial charge in [-0.15, -0.1) is 0 Å². The number of nitrogens with one attached hydrogen (secondary N) is 2. The molecule has 1 aromatic heterocycles. The van der Waals surface area contributed by atoms with Crippen LogP contribution in [-0.4, -0.2) is 23.8 Å². The van der Waals surface area contributed by atoms with Crippen LogP contribution in [0.1, 0.15) is 26.4 Å². The van der Waals surface area contributed by atoms with Gasteiger partial charge in [-0.2, -0.15) is 0 Å². The van der Waals surface area contributed by atoms with E-state index in [9.17, 15) is 9.59 Å². The van der Waals surface area contributed by atoms with Gasteiger partial charge in [0.2, 0.25) is 0 Å². The van der Waals surface area contributed by atoms with E-state index in [1.807, 2.05) is 30.3 Å². The lowest BCUT2D eigenvalue weighted by molar-refractivity contribution is 0.0944. The maximum absolute atomic E-state index is 12.4. The third-order valence-corrected chi connectivity index (χ3v) is 4.08. The van der Waals surface area contributed by atoms with Gasteiger partial charge >= 0.3 is 0 Å². The van der Waals surface area contributed by atoms with Crippen molar-refractivity contribution in [3.63, 3.8) is 0 Å². The van der Waals surface area contributed by atoms with Crippen molar-refractivity contribution in [3.05, 3.63) is 76.6 Å². The van der Waals surface area contributed by atoms with Crippen molar-refractivity contribution in [2.45, 2.75) is 6.54 Å². The number of benzene rings is 2. The number of amides is 2. The van der Waals surface area contributed by atoms with Crippen LogP contribution < -0.4 is 10.6 Å². The average Bonchev–Trinajstić information content (AvgIpc) is 2.65. The standard InChI is InChI=1S/C19H16ClN3O2/c1-21-18(24)14-7-4-5-12(9-14)11-22-19(25)16-10-13-6-2-3-8-15(13)17(20)23-16/h2-10H,11H2,1H3,(H,21,24)(H,22,25). The lowest BCUT2D eigenvalue weighted by Crippen LogP contribution is -2.24. The Hall–Kier alpha value is -2.92. The van der Waals surface area contributed by atoms with Crippen molar-refractivity contribution >= 4 is 34.2 Å². The number of nitrogens with zero attached hydrogens (tertiary/aromatic N) is 1. The second kappa shape index (κ2) is 7.32. The van der Waals surface area contributed by atoms with Crippen LogP contribution in [-0.2, 0) is 6.54 Å². The molecule has 5 nitrogen and oxygen atoms in total. The number of rotatable bonds is 4. The maximum atomic E-state index is 12.4. The number of pyridine rings is 1. The highest BCUT2D eigenvalue weighted by atomic mass is 35.5. The number of carbonyl (C=O) groups excluding carboxylic acids is 2. The highest BCUT2D eigenvalue weighted by Gasteiger charge is 2.11. The Kier molecular flexibility index (Phi) is 4.95. The quantitative estimate of drug-likeness (QED) is 0.708. The minimum Gasteiger partial charge on any atom is -0.355 e. The smallest absolute Gasteiger partial charge is 0.270 e. The molecule has 126 valence electrons. The van der Waals surface area contributed by atoms with E-state index in [0.29, 0.717) is 10.7 Å². The average molecular weight is 354 g/mol. The fourth-order valence-corrected chi connectivity index (χ4v) is 2.78. The minimum atomic E-state index is -0.321. The molecule has 0 radical (unpaired) electrons. The maximum Gasteiger partial charge on any atom is 0.270 e. The van der Waals surface area contributed by atoms with E-state index in [1.165, 1.54) is 0 Å². The Morgan fingerprint density at radius 3 is 2.64 bits per heavy atom. The van der Waals surface area contributed by atoms with E-state index in [4.69, 9.17) is 11.6 Å². The van der Waals surface area contributed by atoms with E-state index in [0.717, 1.165) is 16.3 Å². The van der Waals surface area contributed by atoms with Crippen LogP contribution in [0.5, 0.6) is 0 Å². The number of aromatic nitrogens is 1. The molecule has 0 unspecified atom stereocenters. The second-order valence-electron chi connectivity index (χ2n) is 5.48. The van der Waals surface area contributed by atoms with Gasteiger partial charge in [0.15, 0.2) is 0 Å². The van der Waals surface area contributed by atoms with Crippen LogP contribution in [0, 0.1) is 0 Å². The Morgan fingerprint density at radius 1 is 1.04 bits per heavy atom. The summed E-state index contributed by atoms with van der Waals surface area (Å²) in [5.41, 5.74) is 1.62. The largest absolute Gasteiger partial charge is 0.355 e. The summed E-state index contributed by atoms with van der Waals surface area (Å²) in [6, 6.07) is 16.3. The van der Waals surface area contributed by atoms with Crippen molar-refractivity contribution in [2.24, 2.45) is 0 Å². The van der Waals surface area contributed by atoms with E-state index in [-0.39, 0.29) is 24.1 Å². The lowest BCUT2D eigenvalue weighted by atomic mass is 10.1. The molecule has 0 fully saturated rings. The molecule has 0 spiro atoms. The van der Waals surface area contributed by atoms with Gasteiger partial charge in [-0.3, -0.25) is 9.59 Å². The van der Waals surface area contributed by atoms with E-state index < -0.39 is 0 Å². The number of hydrogen-bond donors (Lipinski definition) is 2. The first-order chi connectivity index (χ1) is 12.1. The number of hydrogen-bond acceptors (Lipinski definition) is 3. The van der Waals surface area contributed by atoms with Crippen LogP contribution in [0.15, 0.2) is 54.6 Å². The molecule has 2 aromatic carbocycles. The van der Waals surface area contributed by atoms with Gasteiger partial charge in [-0.05, 0) is 29.1 Å². The molecule has 6 heteroatoms. The fraction of sp³-hybridized carbons (Fsp3) is 0.105. The van der Waals surface area contributed by atoms with E-state index in [2.05, 4.69) is 15.6 Å². The summed E-state index contributed by atoms with van der Waals surface area (Å²) in [5, 5.41) is 7.33. The third kappa shape index (κ3) is 3.78. The molecule has 0 saturated carbocycles. The molecule has 2 N–H and O–H groups in total. The highest BCUT2D eigenvalue weighted by molar-refractivity contribution is 6.34. The van der Waals surface area contributed by atoms with Crippen molar-refractivity contribution in [2.75, 3.05) is 7.05 Å². The van der Waals surface area contributed by atoms with E-state index >= 15 is 0 Å². The molecule has 1 heterocycles. The van der Waals surface area contributed by atoms with Crippen molar-refractivity contribution in [3.8, 4) is 0 Å². The lowest BCUT2D eigenvalue weighted by Gasteiger charge is -2.08. The van der Waals surface area contributed by atoms with Gasteiger partial charge in [-0.1, -0.05) is 48.0 Å². The first kappa shape index (κ1) is 16.9. The summed E-state index contributed by atoms with van der Waals surface area (Å²) in [5.74, 6) is -0.492. The Morgan fingerprint density at radius 2 is 1.84 bits per heavy atom. The van der Waals surface area contributed by atoms with Crippen LogP contribution >= 0.6 is 11.6 Å². The summed E-state index contributed by atoms with van der Waals surface area (Å²) in [6.07, 6.45) is 0. The predicted octanol–water partition coefficient (Wildman–Crippen LogP) is 3.18. The second-order valence-corrected chi connectivity index (χ2v) is 5.84. The number of carbonyl (C=O) groups is 2. The topological polar surface area (TPSA) is 71.1 Å². The predicted molar refractivity (Wildman–Crippen MR) is 97.8 cm³/mol. The SMILES string of the molecule is CNC(=O)c1cccc(CNC(=O)c2cc3ccccc3c(Cl)n2)c1. The normalized spacial score (nSPS) is 10.5. The molecule has 3 aromatic rings. The summed E-state index contributed by atoms with van der Waals surface area (Å²) < 4.78 is 0. The molecule has 0 aliphatic heterocycles. The zero-order valence-corrected chi connectivity index (χ0v) is 14.3. The Bertz CT molecular complexity index is 956. The number of fused-ring (bicyclic) bond motifs is 1. The first-order valence-electron chi connectivity index (χ1n) is 7.73. The van der Waals surface area contributed by atoms with Crippen molar-refractivity contribution < 1.29 is 9.59 Å². The fourth-order valence-electron chi connectivity index (χ4n) is 2.51. The Labute approximate surface area is 150 Å². The van der Waals surface area contributed by atoms with Crippen LogP contribution in [0.3, 0.4) is 0 Å². The van der Waals surface area contributed by atoms with Gasteiger partial charge < -0.3 is 10.6 Å². The summed E-state index contributed by atoms with van der Waals surface area (Å²) in [6.45, 7) is 0.287. The molecule has 0 bridgehead atoms. The minimum absolute atomic E-state index is 0.170. The molecule has 0 aliphatic rings.